The van der Waals surface area contributed by atoms with Gasteiger partial charge in [0.1, 0.15) is 11.5 Å². The summed E-state index contributed by atoms with van der Waals surface area (Å²) in [7, 11) is 0. The van der Waals surface area contributed by atoms with Crippen LogP contribution in [0.5, 0.6) is 11.5 Å². The molecule has 1 aromatic carbocycles. The van der Waals surface area contributed by atoms with E-state index < -0.39 is 0 Å². The highest BCUT2D eigenvalue weighted by atomic mass is 35.5. The second-order valence-electron chi connectivity index (χ2n) is 4.73. The zero-order valence-corrected chi connectivity index (χ0v) is 12.9. The number of aromatic nitrogens is 1. The van der Waals surface area contributed by atoms with Gasteiger partial charge in [0.05, 0.1) is 6.20 Å². The van der Waals surface area contributed by atoms with Crippen molar-refractivity contribution >= 4 is 23.2 Å². The van der Waals surface area contributed by atoms with Gasteiger partial charge in [-0.2, -0.15) is 0 Å². The van der Waals surface area contributed by atoms with Gasteiger partial charge in [-0.25, -0.2) is 0 Å². The molecule has 0 spiro atoms. The van der Waals surface area contributed by atoms with Crippen molar-refractivity contribution in [1.29, 1.82) is 0 Å². The van der Waals surface area contributed by atoms with Crippen LogP contribution in [-0.2, 0) is 6.54 Å². The van der Waals surface area contributed by atoms with Crippen LogP contribution in [0, 0.1) is 0 Å². The van der Waals surface area contributed by atoms with Gasteiger partial charge in [0.2, 0.25) is 0 Å². The van der Waals surface area contributed by atoms with E-state index in [4.69, 9.17) is 27.9 Å². The third kappa shape index (κ3) is 4.37. The van der Waals surface area contributed by atoms with Crippen LogP contribution in [0.15, 0.2) is 36.7 Å². The maximum absolute atomic E-state index is 5.97. The smallest absolute Gasteiger partial charge is 0.150 e. The van der Waals surface area contributed by atoms with E-state index in [-0.39, 0.29) is 0 Å². The van der Waals surface area contributed by atoms with E-state index in [1.807, 2.05) is 6.07 Å². The molecule has 5 heteroatoms. The Kier molecular flexibility index (Phi) is 5.24. The first kappa shape index (κ1) is 15.1. The molecule has 0 aliphatic rings. The minimum Gasteiger partial charge on any atom is -0.455 e. The van der Waals surface area contributed by atoms with Crippen molar-refractivity contribution in [3.8, 4) is 11.5 Å². The Morgan fingerprint density at radius 3 is 2.55 bits per heavy atom. The van der Waals surface area contributed by atoms with Gasteiger partial charge in [-0.3, -0.25) is 4.98 Å². The zero-order valence-electron chi connectivity index (χ0n) is 11.4. The van der Waals surface area contributed by atoms with Crippen molar-refractivity contribution in [2.45, 2.75) is 26.4 Å². The van der Waals surface area contributed by atoms with Gasteiger partial charge in [0, 0.05) is 34.4 Å². The molecular formula is C15H16Cl2N2O. The fourth-order valence-electron chi connectivity index (χ4n) is 1.68. The molecule has 2 aromatic rings. The fraction of sp³-hybridized carbons (Fsp3) is 0.267. The van der Waals surface area contributed by atoms with E-state index in [2.05, 4.69) is 24.1 Å². The summed E-state index contributed by atoms with van der Waals surface area (Å²) in [6.45, 7) is 4.90. The molecule has 0 atom stereocenters. The summed E-state index contributed by atoms with van der Waals surface area (Å²) in [6.07, 6.45) is 3.43. The average Bonchev–Trinajstić information content (AvgIpc) is 2.36. The van der Waals surface area contributed by atoms with E-state index in [0.29, 0.717) is 34.1 Å². The van der Waals surface area contributed by atoms with Crippen LogP contribution in [0.1, 0.15) is 19.4 Å². The summed E-state index contributed by atoms with van der Waals surface area (Å²) in [4.78, 5) is 4.09. The van der Waals surface area contributed by atoms with E-state index in [1.165, 1.54) is 0 Å². The topological polar surface area (TPSA) is 34.2 Å². The van der Waals surface area contributed by atoms with Crippen molar-refractivity contribution in [1.82, 2.24) is 10.3 Å². The van der Waals surface area contributed by atoms with Gasteiger partial charge in [0.25, 0.3) is 0 Å². The number of benzene rings is 1. The Bertz CT molecular complexity index is 568. The van der Waals surface area contributed by atoms with Crippen LogP contribution in [0.2, 0.25) is 10.0 Å². The monoisotopic (exact) mass is 310 g/mol. The van der Waals surface area contributed by atoms with Crippen molar-refractivity contribution < 1.29 is 4.74 Å². The normalized spacial score (nSPS) is 10.8. The van der Waals surface area contributed by atoms with Gasteiger partial charge in [-0.15, -0.1) is 0 Å². The largest absolute Gasteiger partial charge is 0.455 e. The van der Waals surface area contributed by atoms with Crippen LogP contribution in [0.25, 0.3) is 0 Å². The number of ether oxygens (including phenoxy) is 1. The fourth-order valence-corrected chi connectivity index (χ4v) is 2.18. The quantitative estimate of drug-likeness (QED) is 0.870. The van der Waals surface area contributed by atoms with Crippen LogP contribution in [0.3, 0.4) is 0 Å². The summed E-state index contributed by atoms with van der Waals surface area (Å²) in [5.74, 6) is 1.29. The number of nitrogens with one attached hydrogen (secondary N) is 1. The van der Waals surface area contributed by atoms with E-state index >= 15 is 0 Å². The lowest BCUT2D eigenvalue weighted by atomic mass is 10.2. The number of hydrogen-bond acceptors (Lipinski definition) is 3. The second kappa shape index (κ2) is 6.93. The molecule has 0 aliphatic carbocycles. The van der Waals surface area contributed by atoms with Gasteiger partial charge in [-0.1, -0.05) is 37.0 Å². The third-order valence-electron chi connectivity index (χ3n) is 2.63. The van der Waals surface area contributed by atoms with E-state index in [9.17, 15) is 0 Å². The van der Waals surface area contributed by atoms with E-state index in [0.717, 1.165) is 5.56 Å². The van der Waals surface area contributed by atoms with Crippen molar-refractivity contribution in [2.75, 3.05) is 0 Å². The number of pyridine rings is 1. The molecule has 1 heterocycles. The number of nitrogens with zero attached hydrogens (tertiary/aromatic N) is 1. The molecule has 0 aliphatic heterocycles. The lowest BCUT2D eigenvalue weighted by Crippen LogP contribution is -2.22. The summed E-state index contributed by atoms with van der Waals surface area (Å²) < 4.78 is 5.83. The molecule has 0 fully saturated rings. The number of rotatable bonds is 5. The first-order valence-corrected chi connectivity index (χ1v) is 7.10. The first-order chi connectivity index (χ1) is 9.54. The Balaban J connectivity index is 2.20. The van der Waals surface area contributed by atoms with E-state index in [1.54, 1.807) is 30.6 Å². The molecule has 3 nitrogen and oxygen atoms in total. The molecule has 0 radical (unpaired) electrons. The lowest BCUT2D eigenvalue weighted by molar-refractivity contribution is 0.467. The van der Waals surface area contributed by atoms with Gasteiger partial charge < -0.3 is 10.1 Å². The molecule has 0 unspecified atom stereocenters. The SMILES string of the molecule is CC(C)NCc1ccncc1Oc1cc(Cl)cc(Cl)c1. The summed E-state index contributed by atoms with van der Waals surface area (Å²) >= 11 is 11.9. The predicted molar refractivity (Wildman–Crippen MR) is 82.7 cm³/mol. The predicted octanol–water partition coefficient (Wildman–Crippen LogP) is 4.68. The summed E-state index contributed by atoms with van der Waals surface area (Å²) in [5.41, 5.74) is 1.03. The maximum atomic E-state index is 5.97. The molecule has 0 bridgehead atoms. The number of halogens is 2. The zero-order chi connectivity index (χ0) is 14.5. The summed E-state index contributed by atoms with van der Waals surface area (Å²) in [5, 5.41) is 4.43. The van der Waals surface area contributed by atoms with Crippen molar-refractivity contribution in [3.63, 3.8) is 0 Å². The average molecular weight is 311 g/mol. The third-order valence-corrected chi connectivity index (χ3v) is 3.07. The lowest BCUT2D eigenvalue weighted by Gasteiger charge is -2.13. The minimum absolute atomic E-state index is 0.400. The molecule has 20 heavy (non-hydrogen) atoms. The number of hydrogen-bond donors (Lipinski definition) is 1. The molecular weight excluding hydrogens is 295 g/mol. The maximum Gasteiger partial charge on any atom is 0.150 e. The van der Waals surface area contributed by atoms with Gasteiger partial charge >= 0.3 is 0 Å². The standard InChI is InChI=1S/C15H16Cl2N2O/c1-10(2)19-8-11-3-4-18-9-15(11)20-14-6-12(16)5-13(17)7-14/h3-7,9-10,19H,8H2,1-2H3. The molecule has 1 N–H and O–H groups in total. The van der Waals surface area contributed by atoms with Gasteiger partial charge in [0.15, 0.2) is 0 Å². The highest BCUT2D eigenvalue weighted by molar-refractivity contribution is 6.34. The van der Waals surface area contributed by atoms with Crippen molar-refractivity contribution in [3.05, 3.63) is 52.3 Å². The van der Waals surface area contributed by atoms with Crippen LogP contribution in [0.4, 0.5) is 0 Å². The van der Waals surface area contributed by atoms with Gasteiger partial charge in [-0.05, 0) is 24.3 Å². The molecule has 0 saturated heterocycles. The highest BCUT2D eigenvalue weighted by Gasteiger charge is 2.07. The van der Waals surface area contributed by atoms with Crippen molar-refractivity contribution in [2.24, 2.45) is 0 Å². The summed E-state index contributed by atoms with van der Waals surface area (Å²) in [6, 6.07) is 7.44. The highest BCUT2D eigenvalue weighted by Crippen LogP contribution is 2.29. The first-order valence-electron chi connectivity index (χ1n) is 6.35. The Morgan fingerprint density at radius 1 is 1.20 bits per heavy atom. The Labute approximate surface area is 128 Å². The molecule has 2 rings (SSSR count). The Hall–Kier alpha value is -1.29. The Morgan fingerprint density at radius 2 is 1.90 bits per heavy atom. The molecule has 1 aromatic heterocycles. The second-order valence-corrected chi connectivity index (χ2v) is 5.60. The molecule has 0 saturated carbocycles. The van der Waals surface area contributed by atoms with Crippen LogP contribution >= 0.6 is 23.2 Å². The molecule has 106 valence electrons. The molecule has 0 amide bonds. The van der Waals surface area contributed by atoms with Crippen LogP contribution < -0.4 is 10.1 Å². The minimum atomic E-state index is 0.400. The van der Waals surface area contributed by atoms with Crippen LogP contribution in [-0.4, -0.2) is 11.0 Å².